The van der Waals surface area contributed by atoms with E-state index in [0.717, 1.165) is 6.54 Å². The highest BCUT2D eigenvalue weighted by Gasteiger charge is 1.55. The fourth-order valence-corrected chi connectivity index (χ4v) is 0.102. The Balaban J connectivity index is 2.40. The minimum absolute atomic E-state index is 0.851. The van der Waals surface area contributed by atoms with Crippen molar-refractivity contribution in [2.45, 2.75) is 6.92 Å². The largest absolute Gasteiger partial charge is 0.377 e. The Morgan fingerprint density at radius 3 is 2.60 bits per heavy atom. The van der Waals surface area contributed by atoms with Crippen molar-refractivity contribution in [3.8, 4) is 0 Å². The van der Waals surface area contributed by atoms with Gasteiger partial charge < -0.3 is 5.32 Å². The van der Waals surface area contributed by atoms with Crippen LogP contribution in [0.25, 0.3) is 0 Å². The van der Waals surface area contributed by atoms with Gasteiger partial charge in [0.1, 0.15) is 0 Å². The third kappa shape index (κ3) is 3.47. The van der Waals surface area contributed by atoms with Gasteiger partial charge in [0.25, 0.3) is 0 Å². The summed E-state index contributed by atoms with van der Waals surface area (Å²) in [5, 5.41) is 9.02. The standard InChI is InChI=1S/C3H8N2/c1-2-5-3-4/h3H,2H2,1H3,(H2,4,5). The summed E-state index contributed by atoms with van der Waals surface area (Å²) in [6.45, 7) is 2.80. The van der Waals surface area contributed by atoms with Crippen molar-refractivity contribution in [3.05, 3.63) is 0 Å². The molecule has 0 aliphatic heterocycles. The molecule has 0 radical (unpaired) electrons. The molecule has 0 fully saturated rings. The first kappa shape index (κ1) is 4.47. The van der Waals surface area contributed by atoms with Gasteiger partial charge >= 0.3 is 0 Å². The lowest BCUT2D eigenvalue weighted by atomic mass is 10.8. The number of hydrogen-bond donors (Lipinski definition) is 2. The second kappa shape index (κ2) is 3.47. The number of rotatable bonds is 2. The zero-order chi connectivity index (χ0) is 4.12. The molecule has 0 spiro atoms. The molecule has 0 aromatic carbocycles. The molecule has 0 rings (SSSR count). The van der Waals surface area contributed by atoms with Crippen molar-refractivity contribution in [2.75, 3.05) is 6.54 Å². The first-order chi connectivity index (χ1) is 2.41. The first-order valence-corrected chi connectivity index (χ1v) is 1.64. The molecule has 2 N–H and O–H groups in total. The van der Waals surface area contributed by atoms with Gasteiger partial charge in [-0.25, -0.2) is 0 Å². The predicted molar refractivity (Wildman–Crippen MR) is 22.5 cm³/mol. The molecule has 0 saturated heterocycles. The normalized spacial score (nSPS) is 6.60. The Hall–Kier alpha value is -0.530. The molecule has 0 unspecified atom stereocenters. The van der Waals surface area contributed by atoms with Crippen LogP contribution in [-0.4, -0.2) is 12.9 Å². The summed E-state index contributed by atoms with van der Waals surface area (Å²) in [5.41, 5.74) is 0. The van der Waals surface area contributed by atoms with Gasteiger partial charge in [-0.1, -0.05) is 0 Å². The molecule has 30 valence electrons. The van der Waals surface area contributed by atoms with E-state index in [0.29, 0.717) is 0 Å². The van der Waals surface area contributed by atoms with Gasteiger partial charge in [0.15, 0.2) is 0 Å². The van der Waals surface area contributed by atoms with Crippen molar-refractivity contribution in [2.24, 2.45) is 0 Å². The quantitative estimate of drug-likeness (QED) is 0.355. The average molecular weight is 72.1 g/mol. The van der Waals surface area contributed by atoms with E-state index in [-0.39, 0.29) is 0 Å². The lowest BCUT2D eigenvalue weighted by Crippen LogP contribution is -2.06. The van der Waals surface area contributed by atoms with Crippen LogP contribution in [0.1, 0.15) is 6.92 Å². The van der Waals surface area contributed by atoms with E-state index in [9.17, 15) is 0 Å². The smallest absolute Gasteiger partial charge is 0.0791 e. The van der Waals surface area contributed by atoms with E-state index in [1.54, 1.807) is 0 Å². The molecular weight excluding hydrogens is 64.0 g/mol. The second-order valence-corrected chi connectivity index (χ2v) is 0.702. The third-order valence-electron chi connectivity index (χ3n) is 0.306. The molecule has 0 saturated carbocycles. The van der Waals surface area contributed by atoms with E-state index < -0.39 is 0 Å². The summed E-state index contributed by atoms with van der Waals surface area (Å²) in [5.74, 6) is 0. The van der Waals surface area contributed by atoms with Gasteiger partial charge in [-0.2, -0.15) is 0 Å². The van der Waals surface area contributed by atoms with Crippen LogP contribution in [0.4, 0.5) is 0 Å². The summed E-state index contributed by atoms with van der Waals surface area (Å²) < 4.78 is 0. The molecule has 2 heteroatoms. The Bertz CT molecular complexity index is 26.1. The van der Waals surface area contributed by atoms with Gasteiger partial charge in [-0.05, 0) is 6.92 Å². The van der Waals surface area contributed by atoms with Crippen molar-refractivity contribution in [3.63, 3.8) is 0 Å². The molecule has 0 aromatic heterocycles. The fraction of sp³-hybridized carbons (Fsp3) is 0.667. The summed E-state index contributed by atoms with van der Waals surface area (Å²) >= 11 is 0. The summed E-state index contributed by atoms with van der Waals surface area (Å²) in [6.07, 6.45) is 1.18. The van der Waals surface area contributed by atoms with E-state index in [1.165, 1.54) is 6.34 Å². The Labute approximate surface area is 31.7 Å². The van der Waals surface area contributed by atoms with Crippen LogP contribution in [0.3, 0.4) is 0 Å². The molecule has 0 aliphatic carbocycles. The zero-order valence-corrected chi connectivity index (χ0v) is 3.28. The summed E-state index contributed by atoms with van der Waals surface area (Å²) in [6, 6.07) is 0. The lowest BCUT2D eigenvalue weighted by Gasteiger charge is -1.81. The van der Waals surface area contributed by atoms with Gasteiger partial charge in [0, 0.05) is 6.54 Å². The third-order valence-corrected chi connectivity index (χ3v) is 0.306. The second-order valence-electron chi connectivity index (χ2n) is 0.702. The van der Waals surface area contributed by atoms with Crippen molar-refractivity contribution in [1.82, 2.24) is 5.32 Å². The molecule has 0 bridgehead atoms. The van der Waals surface area contributed by atoms with Gasteiger partial charge in [-0.15, -0.1) is 0 Å². The highest BCUT2D eigenvalue weighted by atomic mass is 14.9. The Morgan fingerprint density at radius 1 is 2.00 bits per heavy atom. The van der Waals surface area contributed by atoms with Crippen LogP contribution in [0, 0.1) is 5.41 Å². The Kier molecular flexibility index (Phi) is 3.10. The van der Waals surface area contributed by atoms with Crippen LogP contribution in [0.2, 0.25) is 0 Å². The monoisotopic (exact) mass is 72.1 g/mol. The maximum absolute atomic E-state index is 6.37. The minimum Gasteiger partial charge on any atom is -0.377 e. The predicted octanol–water partition coefficient (Wildman–Crippen LogP) is 0.203. The maximum atomic E-state index is 6.37. The van der Waals surface area contributed by atoms with Crippen molar-refractivity contribution in [1.29, 1.82) is 5.41 Å². The molecule has 5 heavy (non-hydrogen) atoms. The van der Waals surface area contributed by atoms with Crippen LogP contribution in [-0.2, 0) is 0 Å². The van der Waals surface area contributed by atoms with Crippen LogP contribution < -0.4 is 5.32 Å². The summed E-state index contributed by atoms with van der Waals surface area (Å²) in [7, 11) is 0. The number of nitrogens with one attached hydrogen (secondary N) is 2. The minimum atomic E-state index is 0.851. The molecule has 0 aliphatic rings. The van der Waals surface area contributed by atoms with E-state index in [4.69, 9.17) is 5.41 Å². The number of hydrogen-bond acceptors (Lipinski definition) is 1. The lowest BCUT2D eigenvalue weighted by molar-refractivity contribution is 0.981. The van der Waals surface area contributed by atoms with Gasteiger partial charge in [-0.3, -0.25) is 5.41 Å². The van der Waals surface area contributed by atoms with E-state index in [1.807, 2.05) is 6.92 Å². The molecule has 0 atom stereocenters. The topological polar surface area (TPSA) is 35.9 Å². The van der Waals surface area contributed by atoms with E-state index in [2.05, 4.69) is 5.32 Å². The van der Waals surface area contributed by atoms with Gasteiger partial charge in [0.05, 0.1) is 6.34 Å². The summed E-state index contributed by atoms with van der Waals surface area (Å²) in [4.78, 5) is 0. The van der Waals surface area contributed by atoms with E-state index >= 15 is 0 Å². The fourth-order valence-electron chi connectivity index (χ4n) is 0.102. The highest BCUT2D eigenvalue weighted by molar-refractivity contribution is 5.49. The Morgan fingerprint density at radius 2 is 2.60 bits per heavy atom. The zero-order valence-electron chi connectivity index (χ0n) is 3.28. The SMILES string of the molecule is CCNC=N. The molecule has 0 aromatic rings. The molecule has 0 amide bonds. The van der Waals surface area contributed by atoms with Crippen LogP contribution in [0.5, 0.6) is 0 Å². The molecular formula is C3H8N2. The highest BCUT2D eigenvalue weighted by Crippen LogP contribution is 1.38. The first-order valence-electron chi connectivity index (χ1n) is 1.64. The maximum Gasteiger partial charge on any atom is 0.0791 e. The molecule has 2 nitrogen and oxygen atoms in total. The van der Waals surface area contributed by atoms with Crippen molar-refractivity contribution >= 4 is 6.34 Å². The molecule has 0 heterocycles. The van der Waals surface area contributed by atoms with Crippen LogP contribution in [0.15, 0.2) is 0 Å². The van der Waals surface area contributed by atoms with Crippen LogP contribution >= 0.6 is 0 Å². The van der Waals surface area contributed by atoms with Crippen molar-refractivity contribution < 1.29 is 0 Å². The van der Waals surface area contributed by atoms with Gasteiger partial charge in [0.2, 0.25) is 0 Å². The average Bonchev–Trinajstić information content (AvgIpc) is 1.41.